The van der Waals surface area contributed by atoms with Crippen molar-refractivity contribution in [3.63, 3.8) is 0 Å². The van der Waals surface area contributed by atoms with Crippen LogP contribution in [0.1, 0.15) is 32.4 Å². The molecule has 2 amide bonds. The Morgan fingerprint density at radius 2 is 1.21 bits per heavy atom. The van der Waals surface area contributed by atoms with Crippen LogP contribution in [0.15, 0.2) is 121 Å². The molecule has 2 aliphatic heterocycles. The van der Waals surface area contributed by atoms with Gasteiger partial charge in [-0.2, -0.15) is 0 Å². The monoisotopic (exact) mass is 592 g/mol. The molecule has 0 spiro atoms. The van der Waals surface area contributed by atoms with Crippen molar-refractivity contribution in [2.75, 3.05) is 4.90 Å². The number of carbonyl (C=O) groups is 3. The second kappa shape index (κ2) is 10.7. The van der Waals surface area contributed by atoms with Gasteiger partial charge in [-0.3, -0.25) is 14.9 Å². The summed E-state index contributed by atoms with van der Waals surface area (Å²) in [5, 5.41) is 2.06. The summed E-state index contributed by atoms with van der Waals surface area (Å²) >= 11 is 0. The molecule has 4 aromatic rings. The molecule has 2 fully saturated rings. The Balaban J connectivity index is 1.69. The van der Waals surface area contributed by atoms with Crippen molar-refractivity contribution >= 4 is 41.2 Å². The average molecular weight is 593 g/mol. The summed E-state index contributed by atoms with van der Waals surface area (Å²) in [5.74, 6) is -4.24. The van der Waals surface area contributed by atoms with Crippen LogP contribution in [-0.2, 0) is 23.7 Å². The Morgan fingerprint density at radius 3 is 1.70 bits per heavy atom. The third-order valence-corrected chi connectivity index (χ3v) is 11.8. The molecule has 0 saturated carbocycles. The number of para-hydroxylation sites is 1. The topological polar surface area (TPSA) is 92.8 Å². The van der Waals surface area contributed by atoms with E-state index in [4.69, 9.17) is 4.74 Å². The summed E-state index contributed by atoms with van der Waals surface area (Å²) in [6.07, 6.45) is 0. The zero-order valence-corrected chi connectivity index (χ0v) is 25.1. The van der Waals surface area contributed by atoms with Crippen LogP contribution < -0.4 is 20.8 Å². The van der Waals surface area contributed by atoms with Crippen LogP contribution in [0.5, 0.6) is 0 Å². The number of hydrogen-bond acceptors (Lipinski definition) is 6. The van der Waals surface area contributed by atoms with Crippen molar-refractivity contribution in [3.8, 4) is 0 Å². The first-order chi connectivity index (χ1) is 20.6. The van der Waals surface area contributed by atoms with Gasteiger partial charge in [-0.05, 0) is 38.5 Å². The third kappa shape index (κ3) is 4.55. The van der Waals surface area contributed by atoms with Crippen LogP contribution >= 0.6 is 7.14 Å². The molecule has 0 aliphatic carbocycles. The second-order valence-corrected chi connectivity index (χ2v) is 14.9. The highest BCUT2D eigenvalue weighted by atomic mass is 31.2. The van der Waals surface area contributed by atoms with Gasteiger partial charge in [0.2, 0.25) is 11.8 Å². The molecule has 4 aromatic carbocycles. The normalized spacial score (nSPS) is 23.7. The SMILES string of the molecule is CC(C)(C)OC(=O)[C@@]1(P(=O)(c2ccccc2)c2ccccc2)N[C@@H](c2ccccc2)[C@H]2C(=O)N(c3ccccc3)C(=O)[C@H]21. The fourth-order valence-corrected chi connectivity index (χ4v) is 10.0. The fourth-order valence-electron chi connectivity index (χ4n) is 6.46. The Labute approximate surface area is 251 Å². The Kier molecular flexibility index (Phi) is 7.19. The van der Waals surface area contributed by atoms with Crippen LogP contribution in [0.25, 0.3) is 0 Å². The average Bonchev–Trinajstić information content (AvgIpc) is 3.52. The molecule has 6 rings (SSSR count). The van der Waals surface area contributed by atoms with E-state index in [1.807, 2.05) is 30.3 Å². The van der Waals surface area contributed by atoms with Gasteiger partial charge in [-0.25, -0.2) is 9.69 Å². The Hall–Kier alpha value is -4.32. The molecule has 2 aliphatic rings. The van der Waals surface area contributed by atoms with Gasteiger partial charge >= 0.3 is 5.97 Å². The van der Waals surface area contributed by atoms with Gasteiger partial charge in [0, 0.05) is 16.7 Å². The number of nitrogens with zero attached hydrogens (tertiary/aromatic N) is 1. The number of imide groups is 1. The van der Waals surface area contributed by atoms with E-state index in [9.17, 15) is 14.4 Å². The predicted octanol–water partition coefficient (Wildman–Crippen LogP) is 5.19. The summed E-state index contributed by atoms with van der Waals surface area (Å²) in [5.41, 5.74) is 0.118. The minimum absolute atomic E-state index is 0.380. The number of benzene rings is 4. The largest absolute Gasteiger partial charge is 0.458 e. The number of ether oxygens (including phenoxy) is 1. The molecule has 0 unspecified atom stereocenters. The molecular weight excluding hydrogens is 559 g/mol. The van der Waals surface area contributed by atoms with Gasteiger partial charge in [-0.15, -0.1) is 0 Å². The van der Waals surface area contributed by atoms with Gasteiger partial charge < -0.3 is 9.30 Å². The summed E-state index contributed by atoms with van der Waals surface area (Å²) in [6, 6.07) is 34.6. The van der Waals surface area contributed by atoms with Crippen molar-refractivity contribution in [3.05, 3.63) is 127 Å². The first-order valence-electron chi connectivity index (χ1n) is 14.3. The summed E-state index contributed by atoms with van der Waals surface area (Å²) in [4.78, 5) is 45.1. The van der Waals surface area contributed by atoms with Gasteiger partial charge in [0.1, 0.15) is 5.60 Å². The molecule has 8 heteroatoms. The van der Waals surface area contributed by atoms with E-state index in [1.54, 1.807) is 112 Å². The van der Waals surface area contributed by atoms with Crippen molar-refractivity contribution in [2.24, 2.45) is 11.8 Å². The molecular formula is C35H33N2O5P. The van der Waals surface area contributed by atoms with Crippen LogP contribution in [0.3, 0.4) is 0 Å². The van der Waals surface area contributed by atoms with Gasteiger partial charge in [-0.1, -0.05) is 109 Å². The Bertz CT molecular complexity index is 1660. The van der Waals surface area contributed by atoms with Crippen molar-refractivity contribution in [2.45, 2.75) is 37.7 Å². The number of amides is 2. The summed E-state index contributed by atoms with van der Waals surface area (Å²) < 4.78 is 22.3. The molecule has 0 radical (unpaired) electrons. The molecule has 0 aromatic heterocycles. The lowest BCUT2D eigenvalue weighted by molar-refractivity contribution is -0.161. The molecule has 43 heavy (non-hydrogen) atoms. The van der Waals surface area contributed by atoms with E-state index in [-0.39, 0.29) is 0 Å². The van der Waals surface area contributed by atoms with Crippen molar-refractivity contribution in [1.29, 1.82) is 0 Å². The number of carbonyl (C=O) groups excluding carboxylic acids is 3. The minimum atomic E-state index is -4.14. The third-order valence-electron chi connectivity index (χ3n) is 8.16. The Morgan fingerprint density at radius 1 is 0.744 bits per heavy atom. The quantitative estimate of drug-likeness (QED) is 0.188. The number of anilines is 1. The maximum atomic E-state index is 16.2. The molecule has 1 N–H and O–H groups in total. The van der Waals surface area contributed by atoms with E-state index in [2.05, 4.69) is 5.32 Å². The first-order valence-corrected chi connectivity index (χ1v) is 16.0. The molecule has 2 saturated heterocycles. The van der Waals surface area contributed by atoms with Gasteiger partial charge in [0.25, 0.3) is 0 Å². The predicted molar refractivity (Wildman–Crippen MR) is 167 cm³/mol. The fraction of sp³-hybridized carbons (Fsp3) is 0.229. The highest BCUT2D eigenvalue weighted by Crippen LogP contribution is 2.66. The first kappa shape index (κ1) is 28.8. The van der Waals surface area contributed by atoms with Crippen molar-refractivity contribution < 1.29 is 23.7 Å². The van der Waals surface area contributed by atoms with E-state index in [0.717, 1.165) is 4.90 Å². The lowest BCUT2D eigenvalue weighted by Crippen LogP contribution is -2.60. The molecule has 4 atom stereocenters. The number of esters is 1. The highest BCUT2D eigenvalue weighted by Gasteiger charge is 2.76. The number of rotatable bonds is 6. The molecule has 218 valence electrons. The van der Waals surface area contributed by atoms with E-state index in [1.165, 1.54) is 0 Å². The maximum Gasteiger partial charge on any atom is 0.336 e. The minimum Gasteiger partial charge on any atom is -0.458 e. The summed E-state index contributed by atoms with van der Waals surface area (Å²) in [7, 11) is -4.14. The lowest BCUT2D eigenvalue weighted by atomic mass is 9.86. The number of nitrogens with one attached hydrogen (secondary N) is 1. The van der Waals surface area contributed by atoms with Crippen LogP contribution in [0, 0.1) is 11.8 Å². The molecule has 7 nitrogen and oxygen atoms in total. The highest BCUT2D eigenvalue weighted by molar-refractivity contribution is 7.81. The van der Waals surface area contributed by atoms with Crippen LogP contribution in [0.4, 0.5) is 5.69 Å². The van der Waals surface area contributed by atoms with Crippen molar-refractivity contribution in [1.82, 2.24) is 5.32 Å². The smallest absolute Gasteiger partial charge is 0.336 e. The lowest BCUT2D eigenvalue weighted by Gasteiger charge is -2.41. The summed E-state index contributed by atoms with van der Waals surface area (Å²) in [6.45, 7) is 5.19. The zero-order valence-electron chi connectivity index (χ0n) is 24.2. The zero-order chi connectivity index (χ0) is 30.4. The maximum absolute atomic E-state index is 16.2. The van der Waals surface area contributed by atoms with Crippen LogP contribution in [0.2, 0.25) is 0 Å². The van der Waals surface area contributed by atoms with Gasteiger partial charge in [0.15, 0.2) is 12.4 Å². The van der Waals surface area contributed by atoms with E-state index >= 15 is 4.57 Å². The molecule has 0 bridgehead atoms. The van der Waals surface area contributed by atoms with Gasteiger partial charge in [0.05, 0.1) is 17.5 Å². The van der Waals surface area contributed by atoms with E-state index in [0.29, 0.717) is 21.9 Å². The standard InChI is InChI=1S/C35H33N2O5P/c1-34(2,3)42-33(40)35(43(41,26-20-12-6-13-21-26)27-22-14-7-15-23-27)29-28(30(36-35)24-16-8-4-9-17-24)31(38)37(32(29)39)25-18-10-5-11-19-25/h4-23,28-30,36H,1-3H3/t28-,29-,30-,35+/m0/s1. The second-order valence-electron chi connectivity index (χ2n) is 11.9. The number of hydrogen-bond donors (Lipinski definition) is 1. The van der Waals surface area contributed by atoms with Crippen LogP contribution in [-0.4, -0.2) is 28.7 Å². The molecule has 2 heterocycles. The number of fused-ring (bicyclic) bond motifs is 1. The van der Waals surface area contributed by atoms with E-state index < -0.39 is 53.7 Å².